The van der Waals surface area contributed by atoms with Crippen molar-refractivity contribution in [2.24, 2.45) is 5.92 Å². The van der Waals surface area contributed by atoms with Gasteiger partial charge in [-0.25, -0.2) is 0 Å². The number of hydrogen-bond acceptors (Lipinski definition) is 1. The van der Waals surface area contributed by atoms with E-state index in [-0.39, 0.29) is 11.7 Å². The molecule has 2 aliphatic carbocycles. The van der Waals surface area contributed by atoms with Crippen molar-refractivity contribution in [1.82, 2.24) is 0 Å². The number of carbonyl (C=O) groups excluding carboxylic acids is 1. The van der Waals surface area contributed by atoms with Crippen LogP contribution in [-0.2, 0) is 4.79 Å². The molecule has 0 spiro atoms. The van der Waals surface area contributed by atoms with E-state index in [2.05, 4.69) is 0 Å². The van der Waals surface area contributed by atoms with Gasteiger partial charge in [0.1, 0.15) is 0 Å². The number of allylic oxidation sites excluding steroid dienone is 6. The van der Waals surface area contributed by atoms with Gasteiger partial charge in [-0.15, -0.1) is 0 Å². The molecule has 1 aromatic rings. The first-order valence-corrected chi connectivity index (χ1v) is 6.20. The SMILES string of the molecule is O=C1C=c2ccccc2=CC=C2C(Cl)=CC=CC12. The molecule has 2 aliphatic rings. The van der Waals surface area contributed by atoms with Gasteiger partial charge in [-0.05, 0) is 28.2 Å². The summed E-state index contributed by atoms with van der Waals surface area (Å²) in [6.45, 7) is 0. The molecule has 3 rings (SSSR count). The third-order valence-electron chi connectivity index (χ3n) is 3.20. The van der Waals surface area contributed by atoms with Crippen LogP contribution < -0.4 is 10.4 Å². The highest BCUT2D eigenvalue weighted by Crippen LogP contribution is 2.29. The van der Waals surface area contributed by atoms with Crippen LogP contribution in [0.4, 0.5) is 0 Å². The van der Waals surface area contributed by atoms with Crippen LogP contribution in [0.3, 0.4) is 0 Å². The first kappa shape index (κ1) is 11.2. The average Bonchev–Trinajstić information content (AvgIpc) is 2.36. The Bertz CT molecular complexity index is 720. The lowest BCUT2D eigenvalue weighted by molar-refractivity contribution is -0.114. The summed E-state index contributed by atoms with van der Waals surface area (Å²) in [5.41, 5.74) is 0.870. The maximum absolute atomic E-state index is 12.3. The predicted octanol–water partition coefficient (Wildman–Crippen LogP) is 2.07. The lowest BCUT2D eigenvalue weighted by atomic mass is 9.88. The van der Waals surface area contributed by atoms with Crippen LogP contribution >= 0.6 is 11.6 Å². The van der Waals surface area contributed by atoms with Crippen molar-refractivity contribution in [2.75, 3.05) is 0 Å². The quantitative estimate of drug-likeness (QED) is 0.693. The van der Waals surface area contributed by atoms with E-state index in [0.29, 0.717) is 5.03 Å². The van der Waals surface area contributed by atoms with E-state index in [9.17, 15) is 4.79 Å². The maximum atomic E-state index is 12.3. The van der Waals surface area contributed by atoms with E-state index in [1.807, 2.05) is 54.6 Å². The van der Waals surface area contributed by atoms with Gasteiger partial charge in [0.15, 0.2) is 5.78 Å². The lowest BCUT2D eigenvalue weighted by Crippen LogP contribution is -2.28. The number of carbonyl (C=O) groups is 1. The number of benzene rings is 1. The molecule has 0 saturated heterocycles. The van der Waals surface area contributed by atoms with E-state index in [0.717, 1.165) is 16.0 Å². The molecule has 0 bridgehead atoms. The second kappa shape index (κ2) is 4.43. The Kier molecular flexibility index (Phi) is 2.77. The molecular weight excluding hydrogens is 244 g/mol. The maximum Gasteiger partial charge on any atom is 0.167 e. The summed E-state index contributed by atoms with van der Waals surface area (Å²) in [5.74, 6) is -0.184. The largest absolute Gasteiger partial charge is 0.294 e. The van der Waals surface area contributed by atoms with Gasteiger partial charge in [0, 0.05) is 5.03 Å². The third-order valence-corrected chi connectivity index (χ3v) is 3.54. The van der Waals surface area contributed by atoms with Gasteiger partial charge >= 0.3 is 0 Å². The Hall–Kier alpha value is -1.86. The molecule has 0 saturated carbocycles. The van der Waals surface area contributed by atoms with Gasteiger partial charge < -0.3 is 0 Å². The number of Topliss-reactive ketones (excluding diaryl/α,β-unsaturated/α-hetero) is 1. The molecule has 0 amide bonds. The standard InChI is InChI=1S/C16H11ClO/c17-15-7-3-6-14-13(15)9-8-11-4-1-2-5-12(11)10-16(14)18/h1-10,14H. The highest BCUT2D eigenvalue weighted by atomic mass is 35.5. The van der Waals surface area contributed by atoms with Crippen LogP contribution in [0.2, 0.25) is 0 Å². The molecule has 1 aromatic carbocycles. The van der Waals surface area contributed by atoms with Crippen LogP contribution in [0.5, 0.6) is 0 Å². The Labute approximate surface area is 110 Å². The van der Waals surface area contributed by atoms with Crippen molar-refractivity contribution in [3.05, 3.63) is 69.6 Å². The van der Waals surface area contributed by atoms with Crippen LogP contribution in [-0.4, -0.2) is 5.78 Å². The fourth-order valence-electron chi connectivity index (χ4n) is 2.25. The molecule has 0 radical (unpaired) electrons. The summed E-state index contributed by atoms with van der Waals surface area (Å²) in [7, 11) is 0. The summed E-state index contributed by atoms with van der Waals surface area (Å²) in [5, 5.41) is 2.63. The zero-order valence-corrected chi connectivity index (χ0v) is 10.4. The van der Waals surface area contributed by atoms with Crippen LogP contribution in [0.1, 0.15) is 0 Å². The Morgan fingerprint density at radius 2 is 1.78 bits per heavy atom. The zero-order chi connectivity index (χ0) is 12.5. The van der Waals surface area contributed by atoms with Crippen molar-refractivity contribution in [3.8, 4) is 0 Å². The molecule has 88 valence electrons. The molecule has 1 unspecified atom stereocenters. The van der Waals surface area contributed by atoms with E-state index < -0.39 is 0 Å². The summed E-state index contributed by atoms with van der Waals surface area (Å²) in [6, 6.07) is 7.84. The van der Waals surface area contributed by atoms with Crippen molar-refractivity contribution >= 4 is 29.5 Å². The monoisotopic (exact) mass is 254 g/mol. The van der Waals surface area contributed by atoms with Crippen molar-refractivity contribution < 1.29 is 4.79 Å². The fourth-order valence-corrected chi connectivity index (χ4v) is 2.50. The molecule has 2 heteroatoms. The molecule has 0 heterocycles. The fraction of sp³-hybridized carbons (Fsp3) is 0.0625. The van der Waals surface area contributed by atoms with Crippen LogP contribution in [0.15, 0.2) is 59.2 Å². The van der Waals surface area contributed by atoms with Crippen molar-refractivity contribution in [1.29, 1.82) is 0 Å². The zero-order valence-electron chi connectivity index (χ0n) is 9.64. The number of rotatable bonds is 0. The second-order valence-corrected chi connectivity index (χ2v) is 4.75. The average molecular weight is 255 g/mol. The van der Waals surface area contributed by atoms with Crippen molar-refractivity contribution in [2.45, 2.75) is 0 Å². The summed E-state index contributed by atoms with van der Waals surface area (Å²) < 4.78 is 0. The normalized spacial score (nSPS) is 21.4. The topological polar surface area (TPSA) is 17.1 Å². The molecule has 1 atom stereocenters. The van der Waals surface area contributed by atoms with Gasteiger partial charge in [0.2, 0.25) is 0 Å². The second-order valence-electron chi connectivity index (χ2n) is 4.34. The molecule has 1 nitrogen and oxygen atoms in total. The van der Waals surface area contributed by atoms with Gasteiger partial charge in [-0.1, -0.05) is 60.2 Å². The first-order valence-electron chi connectivity index (χ1n) is 5.82. The summed E-state index contributed by atoms with van der Waals surface area (Å²) in [6.07, 6.45) is 11.2. The van der Waals surface area contributed by atoms with Crippen molar-refractivity contribution in [3.63, 3.8) is 0 Å². The first-order chi connectivity index (χ1) is 8.75. The molecule has 18 heavy (non-hydrogen) atoms. The van der Waals surface area contributed by atoms with Crippen LogP contribution in [0, 0.1) is 5.92 Å². The number of fused-ring (bicyclic) bond motifs is 2. The Morgan fingerprint density at radius 1 is 1.00 bits per heavy atom. The number of halogens is 1. The Morgan fingerprint density at radius 3 is 2.61 bits per heavy atom. The molecular formula is C16H11ClO. The highest BCUT2D eigenvalue weighted by Gasteiger charge is 2.22. The van der Waals surface area contributed by atoms with Crippen LogP contribution in [0.25, 0.3) is 12.2 Å². The lowest BCUT2D eigenvalue weighted by Gasteiger charge is -2.17. The summed E-state index contributed by atoms with van der Waals surface area (Å²) >= 11 is 6.16. The van der Waals surface area contributed by atoms with E-state index >= 15 is 0 Å². The Balaban J connectivity index is 2.29. The molecule has 0 aliphatic heterocycles. The smallest absolute Gasteiger partial charge is 0.167 e. The van der Waals surface area contributed by atoms with Gasteiger partial charge in [0.05, 0.1) is 5.92 Å². The van der Waals surface area contributed by atoms with Gasteiger partial charge in [-0.3, -0.25) is 4.79 Å². The number of ketones is 1. The molecule has 0 fully saturated rings. The predicted molar refractivity (Wildman–Crippen MR) is 74.3 cm³/mol. The van der Waals surface area contributed by atoms with Gasteiger partial charge in [0.25, 0.3) is 0 Å². The van der Waals surface area contributed by atoms with E-state index in [4.69, 9.17) is 11.6 Å². The van der Waals surface area contributed by atoms with E-state index in [1.165, 1.54) is 0 Å². The minimum Gasteiger partial charge on any atom is -0.294 e. The summed E-state index contributed by atoms with van der Waals surface area (Å²) in [4.78, 5) is 12.3. The van der Waals surface area contributed by atoms with E-state index in [1.54, 1.807) is 6.08 Å². The molecule has 0 N–H and O–H groups in total. The highest BCUT2D eigenvalue weighted by molar-refractivity contribution is 6.33. The number of hydrogen-bond donors (Lipinski definition) is 0. The third kappa shape index (κ3) is 1.87. The minimum atomic E-state index is -0.257. The minimum absolute atomic E-state index is 0.0734. The molecule has 0 aromatic heterocycles. The van der Waals surface area contributed by atoms with Gasteiger partial charge in [-0.2, -0.15) is 0 Å².